The van der Waals surface area contributed by atoms with E-state index in [9.17, 15) is 9.59 Å². The number of aryl methyl sites for hydroxylation is 1. The smallest absolute Gasteiger partial charge is 0.338 e. The monoisotopic (exact) mass is 355 g/mol. The first kappa shape index (κ1) is 16.9. The highest BCUT2D eigenvalue weighted by molar-refractivity contribution is 7.22. The van der Waals surface area contributed by atoms with E-state index in [2.05, 4.69) is 15.6 Å². The predicted molar refractivity (Wildman–Crippen MR) is 99.4 cm³/mol. The van der Waals surface area contributed by atoms with Crippen LogP contribution in [0.15, 0.2) is 42.5 Å². The van der Waals surface area contributed by atoms with Crippen LogP contribution in [0.4, 0.5) is 15.6 Å². The Morgan fingerprint density at radius 3 is 2.76 bits per heavy atom. The lowest BCUT2D eigenvalue weighted by Crippen LogP contribution is -2.19. The van der Waals surface area contributed by atoms with Crippen LogP contribution in [-0.2, 0) is 4.74 Å². The Morgan fingerprint density at radius 2 is 2.00 bits per heavy atom. The Balaban J connectivity index is 1.73. The van der Waals surface area contributed by atoms with Crippen LogP contribution in [0.5, 0.6) is 0 Å². The van der Waals surface area contributed by atoms with Crippen LogP contribution in [-0.4, -0.2) is 23.6 Å². The Kier molecular flexibility index (Phi) is 4.95. The summed E-state index contributed by atoms with van der Waals surface area (Å²) in [6, 6.07) is 12.3. The summed E-state index contributed by atoms with van der Waals surface area (Å²) in [6.45, 7) is 4.04. The number of hydrogen-bond acceptors (Lipinski definition) is 5. The molecule has 0 atom stereocenters. The van der Waals surface area contributed by atoms with Gasteiger partial charge in [-0.15, -0.1) is 0 Å². The zero-order valence-corrected chi connectivity index (χ0v) is 14.6. The van der Waals surface area contributed by atoms with Crippen molar-refractivity contribution in [3.8, 4) is 0 Å². The quantitative estimate of drug-likeness (QED) is 0.679. The fourth-order valence-electron chi connectivity index (χ4n) is 2.30. The number of ether oxygens (including phenoxy) is 1. The van der Waals surface area contributed by atoms with E-state index < -0.39 is 0 Å². The van der Waals surface area contributed by atoms with Gasteiger partial charge in [0.05, 0.1) is 22.4 Å². The van der Waals surface area contributed by atoms with Crippen LogP contribution >= 0.6 is 11.3 Å². The number of carbonyl (C=O) groups is 2. The summed E-state index contributed by atoms with van der Waals surface area (Å²) in [6.07, 6.45) is 0. The third-order valence-electron chi connectivity index (χ3n) is 3.40. The van der Waals surface area contributed by atoms with Crippen LogP contribution in [0, 0.1) is 6.92 Å². The van der Waals surface area contributed by atoms with E-state index in [1.807, 2.05) is 31.2 Å². The Hall–Kier alpha value is -2.93. The summed E-state index contributed by atoms with van der Waals surface area (Å²) < 4.78 is 5.79. The molecule has 0 saturated carbocycles. The first-order valence-electron chi connectivity index (χ1n) is 7.77. The lowest BCUT2D eigenvalue weighted by molar-refractivity contribution is 0.0526. The van der Waals surface area contributed by atoms with Gasteiger partial charge >= 0.3 is 12.0 Å². The third kappa shape index (κ3) is 4.13. The molecule has 2 amide bonds. The number of thiazole rings is 1. The van der Waals surface area contributed by atoms with Crippen LogP contribution in [0.2, 0.25) is 0 Å². The maximum absolute atomic E-state index is 12.1. The molecular formula is C18H17N3O3S. The number of nitrogens with zero attached hydrogens (tertiary/aromatic N) is 1. The first-order chi connectivity index (χ1) is 12.0. The number of esters is 1. The topological polar surface area (TPSA) is 80.3 Å². The molecule has 7 heteroatoms. The molecule has 0 aliphatic heterocycles. The van der Waals surface area contributed by atoms with Crippen LogP contribution in [0.25, 0.3) is 10.2 Å². The average molecular weight is 355 g/mol. The second-order valence-corrected chi connectivity index (χ2v) is 6.40. The number of aromatic nitrogens is 1. The number of amides is 2. The zero-order chi connectivity index (χ0) is 17.8. The number of nitrogens with one attached hydrogen (secondary N) is 2. The van der Waals surface area contributed by atoms with Crippen LogP contribution in [0.3, 0.4) is 0 Å². The molecular weight excluding hydrogens is 338 g/mol. The van der Waals surface area contributed by atoms with Crippen molar-refractivity contribution in [2.45, 2.75) is 13.8 Å². The van der Waals surface area contributed by atoms with Crippen molar-refractivity contribution >= 4 is 44.4 Å². The molecule has 2 N–H and O–H groups in total. The number of benzene rings is 2. The molecule has 6 nitrogen and oxygen atoms in total. The number of urea groups is 1. The minimum absolute atomic E-state index is 0.325. The number of rotatable bonds is 4. The molecule has 128 valence electrons. The molecule has 1 heterocycles. The van der Waals surface area contributed by atoms with Gasteiger partial charge < -0.3 is 10.1 Å². The van der Waals surface area contributed by atoms with Crippen molar-refractivity contribution in [1.29, 1.82) is 0 Å². The van der Waals surface area contributed by atoms with Gasteiger partial charge in [0.25, 0.3) is 0 Å². The summed E-state index contributed by atoms with van der Waals surface area (Å²) in [5.74, 6) is -0.371. The summed E-state index contributed by atoms with van der Waals surface area (Å²) in [4.78, 5) is 28.2. The van der Waals surface area contributed by atoms with E-state index in [1.165, 1.54) is 11.3 Å². The molecule has 2 aromatic carbocycles. The highest BCUT2D eigenvalue weighted by Crippen LogP contribution is 2.27. The van der Waals surface area contributed by atoms with Crippen molar-refractivity contribution in [3.05, 3.63) is 53.6 Å². The highest BCUT2D eigenvalue weighted by atomic mass is 32.1. The van der Waals surface area contributed by atoms with E-state index in [4.69, 9.17) is 4.74 Å². The molecule has 0 spiro atoms. The summed E-state index contributed by atoms with van der Waals surface area (Å²) in [7, 11) is 0. The van der Waals surface area contributed by atoms with Crippen molar-refractivity contribution in [3.63, 3.8) is 0 Å². The van der Waals surface area contributed by atoms with E-state index >= 15 is 0 Å². The molecule has 1 aromatic heterocycles. The largest absolute Gasteiger partial charge is 0.462 e. The Bertz CT molecular complexity index is 936. The fourth-order valence-corrected chi connectivity index (χ4v) is 3.20. The molecule has 0 bridgehead atoms. The van der Waals surface area contributed by atoms with E-state index in [0.717, 1.165) is 10.3 Å². The third-order valence-corrected chi connectivity index (χ3v) is 4.33. The maximum Gasteiger partial charge on any atom is 0.338 e. The van der Waals surface area contributed by atoms with Gasteiger partial charge in [-0.1, -0.05) is 23.5 Å². The number of fused-ring (bicyclic) bond motifs is 1. The van der Waals surface area contributed by atoms with Gasteiger partial charge in [0.15, 0.2) is 5.13 Å². The van der Waals surface area contributed by atoms with Crippen molar-refractivity contribution in [1.82, 2.24) is 4.98 Å². The van der Waals surface area contributed by atoms with Gasteiger partial charge in [0, 0.05) is 5.69 Å². The maximum atomic E-state index is 12.1. The molecule has 0 aliphatic carbocycles. The first-order valence-corrected chi connectivity index (χ1v) is 8.59. The lowest BCUT2D eigenvalue weighted by atomic mass is 10.2. The van der Waals surface area contributed by atoms with E-state index in [1.54, 1.807) is 25.1 Å². The second kappa shape index (κ2) is 7.31. The molecule has 0 radical (unpaired) electrons. The van der Waals surface area contributed by atoms with Gasteiger partial charge in [-0.2, -0.15) is 0 Å². The molecule has 3 aromatic rings. The lowest BCUT2D eigenvalue weighted by Gasteiger charge is -2.05. The minimum Gasteiger partial charge on any atom is -0.462 e. The van der Waals surface area contributed by atoms with Crippen molar-refractivity contribution < 1.29 is 14.3 Å². The van der Waals surface area contributed by atoms with E-state index in [-0.39, 0.29) is 12.0 Å². The van der Waals surface area contributed by atoms with Gasteiger partial charge in [-0.05, 0) is 49.7 Å². The zero-order valence-electron chi connectivity index (χ0n) is 13.8. The molecule has 25 heavy (non-hydrogen) atoms. The van der Waals surface area contributed by atoms with Crippen molar-refractivity contribution in [2.75, 3.05) is 17.2 Å². The summed E-state index contributed by atoms with van der Waals surface area (Å²) in [5.41, 5.74) is 2.95. The highest BCUT2D eigenvalue weighted by Gasteiger charge is 2.12. The minimum atomic E-state index is -0.371. The number of anilines is 2. The van der Waals surface area contributed by atoms with Gasteiger partial charge in [-0.3, -0.25) is 5.32 Å². The van der Waals surface area contributed by atoms with Gasteiger partial charge in [0.2, 0.25) is 0 Å². The summed E-state index contributed by atoms with van der Waals surface area (Å²) in [5, 5.41) is 5.94. The van der Waals surface area contributed by atoms with Gasteiger partial charge in [0.1, 0.15) is 0 Å². The number of carbonyl (C=O) groups excluding carboxylic acids is 2. The number of hydrogen-bond donors (Lipinski definition) is 2. The summed E-state index contributed by atoms with van der Waals surface area (Å²) >= 11 is 1.30. The van der Waals surface area contributed by atoms with Crippen LogP contribution < -0.4 is 10.6 Å². The normalized spacial score (nSPS) is 10.5. The van der Waals surface area contributed by atoms with Crippen LogP contribution in [0.1, 0.15) is 22.8 Å². The molecule has 0 saturated heterocycles. The SMILES string of the molecule is CCOC(=O)c1ccc2nc(NC(=O)Nc3cccc(C)c3)sc2c1. The van der Waals surface area contributed by atoms with E-state index in [0.29, 0.717) is 28.5 Å². The standard InChI is InChI=1S/C18H17N3O3S/c1-3-24-16(22)12-7-8-14-15(10-12)25-18(20-14)21-17(23)19-13-6-4-5-11(2)9-13/h4-10H,3H2,1-2H3,(H2,19,20,21,23). The predicted octanol–water partition coefficient (Wildman–Crippen LogP) is 4.43. The average Bonchev–Trinajstić information content (AvgIpc) is 2.96. The molecule has 0 fully saturated rings. The molecule has 0 unspecified atom stereocenters. The Morgan fingerprint density at radius 1 is 1.16 bits per heavy atom. The van der Waals surface area contributed by atoms with Gasteiger partial charge in [-0.25, -0.2) is 14.6 Å². The molecule has 0 aliphatic rings. The molecule has 3 rings (SSSR count). The van der Waals surface area contributed by atoms with Crippen molar-refractivity contribution in [2.24, 2.45) is 0 Å². The fraction of sp³-hybridized carbons (Fsp3) is 0.167. The Labute approximate surface area is 148 Å². The second-order valence-electron chi connectivity index (χ2n) is 5.37.